The Bertz CT molecular complexity index is 636. The fraction of sp³-hybridized carbons (Fsp3) is 0.962. The van der Waals surface area contributed by atoms with E-state index in [1.54, 1.807) is 0 Å². The molecule has 0 aliphatic rings. The lowest BCUT2D eigenvalue weighted by Gasteiger charge is -2.20. The van der Waals surface area contributed by atoms with E-state index in [2.05, 4.69) is 15.9 Å². The smallest absolute Gasteiger partial charge is 0.453 e. The van der Waals surface area contributed by atoms with E-state index < -0.39 is 49.3 Å². The Morgan fingerprint density at radius 2 is 0.951 bits per heavy atom. The number of esters is 1. The Labute approximate surface area is 243 Å². The van der Waals surface area contributed by atoms with Gasteiger partial charge in [-0.15, -0.1) is 0 Å². The Morgan fingerprint density at radius 3 is 1.37 bits per heavy atom. The monoisotopic (exact) mass is 686 g/mol. The van der Waals surface area contributed by atoms with Gasteiger partial charge in [0.15, 0.2) is 6.29 Å². The number of carbonyl (C=O) groups excluding carboxylic acids is 1. The van der Waals surface area contributed by atoms with Crippen LogP contribution in [0.15, 0.2) is 0 Å². The van der Waals surface area contributed by atoms with Gasteiger partial charge in [0.05, 0.1) is 13.0 Å². The van der Waals surface area contributed by atoms with Crippen molar-refractivity contribution in [1.82, 2.24) is 0 Å². The minimum absolute atomic E-state index is 0.0227. The maximum absolute atomic E-state index is 12.9. The Hall–Kier alpha value is -0.830. The Morgan fingerprint density at radius 1 is 0.561 bits per heavy atom. The van der Waals surface area contributed by atoms with Gasteiger partial charge in [-0.1, -0.05) is 54.5 Å². The summed E-state index contributed by atoms with van der Waals surface area (Å²) < 4.78 is 141. The predicted molar refractivity (Wildman–Crippen MR) is 136 cm³/mol. The van der Waals surface area contributed by atoms with Gasteiger partial charge < -0.3 is 14.2 Å². The maximum Gasteiger partial charge on any atom is 0.453 e. The van der Waals surface area contributed by atoms with Crippen LogP contribution in [0.5, 0.6) is 0 Å². The average molecular weight is 687 g/mol. The van der Waals surface area contributed by atoms with Gasteiger partial charge in [-0.2, -0.15) is 43.9 Å². The van der Waals surface area contributed by atoms with Crippen molar-refractivity contribution >= 4 is 21.9 Å². The number of halogens is 11. The summed E-state index contributed by atoms with van der Waals surface area (Å²) in [5.41, 5.74) is 0. The molecule has 0 aromatic heterocycles. The van der Waals surface area contributed by atoms with Crippen LogP contribution in [0.2, 0.25) is 0 Å². The number of hydrogen-bond acceptors (Lipinski definition) is 4. The number of hydrogen-bond donors (Lipinski definition) is 0. The molecule has 0 atom stereocenters. The highest BCUT2D eigenvalue weighted by Gasteiger charge is 2.57. The van der Waals surface area contributed by atoms with Crippen LogP contribution in [0, 0.1) is 0 Å². The molecule has 0 aliphatic carbocycles. The summed E-state index contributed by atoms with van der Waals surface area (Å²) in [6, 6.07) is 0. The van der Waals surface area contributed by atoms with Crippen molar-refractivity contribution in [3.63, 3.8) is 0 Å². The lowest BCUT2D eigenvalue weighted by molar-refractivity contribution is -0.284. The van der Waals surface area contributed by atoms with Gasteiger partial charge in [0.1, 0.15) is 0 Å². The molecule has 4 nitrogen and oxygen atoms in total. The molecule has 0 bridgehead atoms. The zero-order valence-corrected chi connectivity index (χ0v) is 24.6. The molecule has 0 N–H and O–H groups in total. The second-order valence-corrected chi connectivity index (χ2v) is 10.6. The molecule has 246 valence electrons. The Kier molecular flexibility index (Phi) is 20.5. The molecule has 0 aromatic carbocycles. The summed E-state index contributed by atoms with van der Waals surface area (Å²) in [6.45, 7) is 0.458. The number of alkyl halides is 11. The van der Waals surface area contributed by atoms with E-state index in [-0.39, 0.29) is 58.3 Å². The standard InChI is InChI=1S/C26H41BrF10O4/c27-17-9-3-6-10-18-39-21(38)13-14-22(40-19-11-4-1-7-15-23(28,29)25(32,33)34)41-20-12-5-2-8-16-24(30,31)26(35,36)37/h22H,1-20H2. The molecule has 41 heavy (non-hydrogen) atoms. The van der Waals surface area contributed by atoms with Crippen LogP contribution in [-0.4, -0.2) is 61.6 Å². The summed E-state index contributed by atoms with van der Waals surface area (Å²) >= 11 is 3.33. The normalized spacial score (nSPS) is 13.3. The van der Waals surface area contributed by atoms with Gasteiger partial charge in [-0.3, -0.25) is 4.79 Å². The first kappa shape index (κ1) is 40.2. The van der Waals surface area contributed by atoms with Crippen LogP contribution in [0.1, 0.15) is 103 Å². The van der Waals surface area contributed by atoms with Gasteiger partial charge in [0, 0.05) is 37.8 Å². The van der Waals surface area contributed by atoms with Gasteiger partial charge in [-0.05, 0) is 38.5 Å². The zero-order valence-electron chi connectivity index (χ0n) is 23.0. The maximum atomic E-state index is 12.9. The van der Waals surface area contributed by atoms with Crippen molar-refractivity contribution in [2.75, 3.05) is 25.2 Å². The average Bonchev–Trinajstić information content (AvgIpc) is 2.86. The summed E-state index contributed by atoms with van der Waals surface area (Å²) in [4.78, 5) is 12.0. The fourth-order valence-electron chi connectivity index (χ4n) is 3.58. The van der Waals surface area contributed by atoms with Gasteiger partial charge in [-0.25, -0.2) is 0 Å². The number of unbranched alkanes of at least 4 members (excludes halogenated alkanes) is 9. The van der Waals surface area contributed by atoms with E-state index in [0.717, 1.165) is 31.0 Å². The van der Waals surface area contributed by atoms with Crippen LogP contribution in [0.4, 0.5) is 43.9 Å². The molecule has 0 spiro atoms. The molecule has 0 saturated carbocycles. The second-order valence-electron chi connectivity index (χ2n) is 9.77. The fourth-order valence-corrected chi connectivity index (χ4v) is 3.97. The molecule has 0 aromatic rings. The summed E-state index contributed by atoms with van der Waals surface area (Å²) in [7, 11) is 0. The molecule has 0 rings (SSSR count). The van der Waals surface area contributed by atoms with Crippen molar-refractivity contribution in [3.8, 4) is 0 Å². The molecule has 0 aliphatic heterocycles. The van der Waals surface area contributed by atoms with Gasteiger partial charge >= 0.3 is 30.2 Å². The van der Waals surface area contributed by atoms with Crippen molar-refractivity contribution < 1.29 is 62.9 Å². The van der Waals surface area contributed by atoms with Crippen LogP contribution >= 0.6 is 15.9 Å². The van der Waals surface area contributed by atoms with E-state index in [1.807, 2.05) is 0 Å². The molecule has 0 radical (unpaired) electrons. The first-order valence-electron chi connectivity index (χ1n) is 13.9. The topological polar surface area (TPSA) is 44.8 Å². The highest BCUT2D eigenvalue weighted by atomic mass is 79.9. The van der Waals surface area contributed by atoms with Crippen molar-refractivity contribution in [2.45, 2.75) is 133 Å². The van der Waals surface area contributed by atoms with E-state index >= 15 is 0 Å². The molecule has 0 saturated heterocycles. The van der Waals surface area contributed by atoms with Crippen LogP contribution in [0.25, 0.3) is 0 Å². The third kappa shape index (κ3) is 19.9. The van der Waals surface area contributed by atoms with Gasteiger partial charge in [0.25, 0.3) is 0 Å². The molecule has 0 heterocycles. The van der Waals surface area contributed by atoms with E-state index in [0.29, 0.717) is 25.7 Å². The zero-order chi connectivity index (χ0) is 31.4. The van der Waals surface area contributed by atoms with Crippen molar-refractivity contribution in [2.24, 2.45) is 0 Å². The molecule has 0 amide bonds. The number of carbonyl (C=O) groups is 1. The minimum atomic E-state index is -5.58. The largest absolute Gasteiger partial charge is 0.466 e. The number of rotatable bonds is 25. The molecular weight excluding hydrogens is 646 g/mol. The predicted octanol–water partition coefficient (Wildman–Crippen LogP) is 9.92. The van der Waals surface area contributed by atoms with E-state index in [1.165, 1.54) is 0 Å². The number of ether oxygens (including phenoxy) is 3. The van der Waals surface area contributed by atoms with E-state index in [4.69, 9.17) is 14.2 Å². The highest BCUT2D eigenvalue weighted by molar-refractivity contribution is 9.09. The summed E-state index contributed by atoms with van der Waals surface area (Å²) in [5.74, 6) is -9.92. The molecule has 15 heteroatoms. The first-order chi connectivity index (χ1) is 19.0. The van der Waals surface area contributed by atoms with Crippen LogP contribution < -0.4 is 0 Å². The van der Waals surface area contributed by atoms with E-state index in [9.17, 15) is 48.7 Å². The van der Waals surface area contributed by atoms with Crippen LogP contribution in [-0.2, 0) is 19.0 Å². The van der Waals surface area contributed by atoms with Gasteiger partial charge in [0.2, 0.25) is 0 Å². The van der Waals surface area contributed by atoms with Crippen molar-refractivity contribution in [1.29, 1.82) is 0 Å². The van der Waals surface area contributed by atoms with Crippen molar-refractivity contribution in [3.05, 3.63) is 0 Å². The third-order valence-electron chi connectivity index (χ3n) is 6.08. The molecule has 0 fully saturated rings. The highest BCUT2D eigenvalue weighted by Crippen LogP contribution is 2.40. The third-order valence-corrected chi connectivity index (χ3v) is 6.64. The SMILES string of the molecule is O=C(CCC(OCCCCCCC(F)(F)C(F)(F)F)OCCCCCCC(F)(F)C(F)(F)F)OCCCCCCBr. The quantitative estimate of drug-likeness (QED) is 0.0315. The second kappa shape index (κ2) is 21.0. The molecular formula is C26H41BrF10O4. The lowest BCUT2D eigenvalue weighted by Crippen LogP contribution is -2.36. The molecule has 0 unspecified atom stereocenters. The summed E-state index contributed by atoms with van der Waals surface area (Å²) in [5, 5.41) is 0.899. The minimum Gasteiger partial charge on any atom is -0.466 e. The van der Waals surface area contributed by atoms with Crippen LogP contribution in [0.3, 0.4) is 0 Å². The lowest BCUT2D eigenvalue weighted by atomic mass is 10.1. The Balaban J connectivity index is 4.39. The first-order valence-corrected chi connectivity index (χ1v) is 15.0. The summed E-state index contributed by atoms with van der Waals surface area (Å²) in [6.07, 6.45) is -9.85.